The summed E-state index contributed by atoms with van der Waals surface area (Å²) >= 11 is 0. The SMILES string of the molecule is CCN(CCC#N)S(=O)(=O)c1ccc(N)c(F)c1. The fourth-order valence-corrected chi connectivity index (χ4v) is 2.90. The summed E-state index contributed by atoms with van der Waals surface area (Å²) in [4.78, 5) is -0.158. The minimum atomic E-state index is -3.78. The van der Waals surface area contributed by atoms with Gasteiger partial charge < -0.3 is 5.73 Å². The Bertz CT molecular complexity index is 566. The molecule has 0 saturated heterocycles. The maximum absolute atomic E-state index is 13.3. The summed E-state index contributed by atoms with van der Waals surface area (Å²) in [5, 5.41) is 8.48. The van der Waals surface area contributed by atoms with Gasteiger partial charge in [0.1, 0.15) is 5.82 Å². The van der Waals surface area contributed by atoms with Crippen LogP contribution < -0.4 is 5.73 Å². The Morgan fingerprint density at radius 1 is 1.50 bits per heavy atom. The normalized spacial score (nSPS) is 11.4. The zero-order valence-corrected chi connectivity index (χ0v) is 10.7. The number of nitriles is 1. The van der Waals surface area contributed by atoms with Crippen LogP contribution in [-0.4, -0.2) is 25.8 Å². The second-order valence-electron chi connectivity index (χ2n) is 3.59. The summed E-state index contributed by atoms with van der Waals surface area (Å²) in [6.07, 6.45) is 0.0878. The minimum Gasteiger partial charge on any atom is -0.396 e. The van der Waals surface area contributed by atoms with E-state index in [1.165, 1.54) is 12.1 Å². The van der Waals surface area contributed by atoms with E-state index >= 15 is 0 Å². The van der Waals surface area contributed by atoms with Gasteiger partial charge in [-0.3, -0.25) is 0 Å². The number of halogens is 1. The van der Waals surface area contributed by atoms with Crippen LogP contribution in [-0.2, 0) is 10.0 Å². The lowest BCUT2D eigenvalue weighted by molar-refractivity contribution is 0.434. The smallest absolute Gasteiger partial charge is 0.243 e. The maximum Gasteiger partial charge on any atom is 0.243 e. The van der Waals surface area contributed by atoms with Crippen molar-refractivity contribution in [2.24, 2.45) is 0 Å². The van der Waals surface area contributed by atoms with Gasteiger partial charge in [-0.15, -0.1) is 0 Å². The quantitative estimate of drug-likeness (QED) is 0.818. The van der Waals surface area contributed by atoms with Crippen LogP contribution in [0.15, 0.2) is 23.1 Å². The molecule has 0 aliphatic rings. The van der Waals surface area contributed by atoms with Gasteiger partial charge >= 0.3 is 0 Å². The predicted molar refractivity (Wildman–Crippen MR) is 65.5 cm³/mol. The highest BCUT2D eigenvalue weighted by Crippen LogP contribution is 2.20. The molecule has 0 aromatic heterocycles. The molecule has 7 heteroatoms. The molecule has 0 heterocycles. The molecule has 0 atom stereocenters. The molecule has 0 aliphatic carbocycles. The molecule has 5 nitrogen and oxygen atoms in total. The summed E-state index contributed by atoms with van der Waals surface area (Å²) < 4.78 is 38.7. The Morgan fingerprint density at radius 2 is 2.17 bits per heavy atom. The van der Waals surface area contributed by atoms with Gasteiger partial charge in [-0.1, -0.05) is 6.92 Å². The van der Waals surface area contributed by atoms with E-state index in [1.807, 2.05) is 6.07 Å². The number of hydrogen-bond acceptors (Lipinski definition) is 4. The highest BCUT2D eigenvalue weighted by atomic mass is 32.2. The predicted octanol–water partition coefficient (Wildman–Crippen LogP) is 1.33. The van der Waals surface area contributed by atoms with Crippen molar-refractivity contribution in [2.45, 2.75) is 18.2 Å². The van der Waals surface area contributed by atoms with Gasteiger partial charge in [-0.2, -0.15) is 9.57 Å². The topological polar surface area (TPSA) is 87.2 Å². The second kappa shape index (κ2) is 5.80. The molecule has 2 N–H and O–H groups in total. The number of rotatable bonds is 5. The van der Waals surface area contributed by atoms with Gasteiger partial charge in [0.25, 0.3) is 0 Å². The van der Waals surface area contributed by atoms with E-state index in [1.54, 1.807) is 6.92 Å². The van der Waals surface area contributed by atoms with E-state index < -0.39 is 15.8 Å². The number of nitrogen functional groups attached to an aromatic ring is 1. The lowest BCUT2D eigenvalue weighted by Gasteiger charge is -2.19. The van der Waals surface area contributed by atoms with Crippen LogP contribution in [0.4, 0.5) is 10.1 Å². The van der Waals surface area contributed by atoms with Crippen LogP contribution in [0.1, 0.15) is 13.3 Å². The molecule has 0 bridgehead atoms. The van der Waals surface area contributed by atoms with Crippen molar-refractivity contribution in [1.82, 2.24) is 4.31 Å². The number of nitrogens with two attached hydrogens (primary N) is 1. The molecule has 0 saturated carbocycles. The molecule has 0 unspecified atom stereocenters. The Hall–Kier alpha value is -1.65. The molecular weight excluding hydrogens is 257 g/mol. The summed E-state index contributed by atoms with van der Waals surface area (Å²) in [5.41, 5.74) is 5.19. The molecule has 0 amide bonds. The molecule has 1 aromatic carbocycles. The van der Waals surface area contributed by atoms with E-state index in [-0.39, 0.29) is 30.1 Å². The summed E-state index contributed by atoms with van der Waals surface area (Å²) in [7, 11) is -3.78. The van der Waals surface area contributed by atoms with Crippen molar-refractivity contribution < 1.29 is 12.8 Å². The average Bonchev–Trinajstić information content (AvgIpc) is 2.33. The Balaban J connectivity index is 3.11. The van der Waals surface area contributed by atoms with Crippen molar-refractivity contribution in [3.05, 3.63) is 24.0 Å². The molecule has 0 spiro atoms. The Kier molecular flexibility index (Phi) is 4.64. The Labute approximate surface area is 106 Å². The van der Waals surface area contributed by atoms with E-state index in [0.717, 1.165) is 10.4 Å². The van der Waals surface area contributed by atoms with Gasteiger partial charge in [-0.25, -0.2) is 12.8 Å². The fraction of sp³-hybridized carbons (Fsp3) is 0.364. The van der Waals surface area contributed by atoms with Gasteiger partial charge in [0.05, 0.1) is 16.7 Å². The first-order chi connectivity index (χ1) is 8.43. The lowest BCUT2D eigenvalue weighted by atomic mass is 10.3. The second-order valence-corrected chi connectivity index (χ2v) is 5.53. The summed E-state index contributed by atoms with van der Waals surface area (Å²) in [5.74, 6) is -0.771. The average molecular weight is 271 g/mol. The maximum atomic E-state index is 13.3. The molecular formula is C11H14FN3O2S. The van der Waals surface area contributed by atoms with E-state index in [2.05, 4.69) is 0 Å². The van der Waals surface area contributed by atoms with Gasteiger partial charge in [0.2, 0.25) is 10.0 Å². The van der Waals surface area contributed by atoms with Crippen LogP contribution in [0.25, 0.3) is 0 Å². The molecule has 0 aliphatic heterocycles. The molecule has 1 rings (SSSR count). The van der Waals surface area contributed by atoms with Gasteiger partial charge in [0, 0.05) is 19.5 Å². The van der Waals surface area contributed by atoms with Crippen molar-refractivity contribution in [1.29, 1.82) is 5.26 Å². The molecule has 98 valence electrons. The first kappa shape index (κ1) is 14.4. The van der Waals surface area contributed by atoms with Crippen LogP contribution in [0.2, 0.25) is 0 Å². The third-order valence-corrected chi connectivity index (χ3v) is 4.41. The number of benzene rings is 1. The van der Waals surface area contributed by atoms with Crippen LogP contribution in [0, 0.1) is 17.1 Å². The third kappa shape index (κ3) is 2.97. The number of nitrogens with zero attached hydrogens (tertiary/aromatic N) is 2. The standard InChI is InChI=1S/C11H14FN3O2S/c1-2-15(7-3-6-13)18(16,17)9-4-5-11(14)10(12)8-9/h4-5,8H,2-3,7,14H2,1H3. The van der Waals surface area contributed by atoms with E-state index in [4.69, 9.17) is 11.0 Å². The first-order valence-electron chi connectivity index (χ1n) is 5.35. The van der Waals surface area contributed by atoms with Crippen molar-refractivity contribution in [3.63, 3.8) is 0 Å². The molecule has 18 heavy (non-hydrogen) atoms. The van der Waals surface area contributed by atoms with Crippen molar-refractivity contribution in [2.75, 3.05) is 18.8 Å². The third-order valence-electron chi connectivity index (χ3n) is 2.44. The van der Waals surface area contributed by atoms with E-state index in [0.29, 0.717) is 0 Å². The Morgan fingerprint density at radius 3 is 2.67 bits per heavy atom. The van der Waals surface area contributed by atoms with Crippen molar-refractivity contribution in [3.8, 4) is 6.07 Å². The molecule has 0 radical (unpaired) electrons. The van der Waals surface area contributed by atoms with Crippen molar-refractivity contribution >= 4 is 15.7 Å². The van der Waals surface area contributed by atoms with E-state index in [9.17, 15) is 12.8 Å². The summed E-state index contributed by atoms with van der Waals surface area (Å²) in [6.45, 7) is 1.96. The monoisotopic (exact) mass is 271 g/mol. The zero-order chi connectivity index (χ0) is 13.8. The van der Waals surface area contributed by atoms with Crippen LogP contribution >= 0.6 is 0 Å². The fourth-order valence-electron chi connectivity index (χ4n) is 1.44. The van der Waals surface area contributed by atoms with Gasteiger partial charge in [-0.05, 0) is 18.2 Å². The van der Waals surface area contributed by atoms with Crippen LogP contribution in [0.3, 0.4) is 0 Å². The highest BCUT2D eigenvalue weighted by molar-refractivity contribution is 7.89. The summed E-state index contributed by atoms with van der Waals surface area (Å²) in [6, 6.07) is 5.23. The lowest BCUT2D eigenvalue weighted by Crippen LogP contribution is -2.31. The van der Waals surface area contributed by atoms with Gasteiger partial charge in [0.15, 0.2) is 0 Å². The zero-order valence-electron chi connectivity index (χ0n) is 9.93. The van der Waals surface area contributed by atoms with Crippen LogP contribution in [0.5, 0.6) is 0 Å². The highest BCUT2D eigenvalue weighted by Gasteiger charge is 2.23. The number of sulfonamides is 1. The molecule has 1 aromatic rings. The first-order valence-corrected chi connectivity index (χ1v) is 6.79. The number of anilines is 1. The molecule has 0 fully saturated rings. The minimum absolute atomic E-state index is 0.0847. The largest absolute Gasteiger partial charge is 0.396 e. The number of hydrogen-bond donors (Lipinski definition) is 1.